The summed E-state index contributed by atoms with van der Waals surface area (Å²) in [6.45, 7) is 8.26. The molecular formula is C20H25N5O2. The van der Waals surface area contributed by atoms with E-state index in [4.69, 9.17) is 9.72 Å². The van der Waals surface area contributed by atoms with E-state index in [-0.39, 0.29) is 11.3 Å². The van der Waals surface area contributed by atoms with Gasteiger partial charge in [0.25, 0.3) is 0 Å². The van der Waals surface area contributed by atoms with Gasteiger partial charge in [-0.1, -0.05) is 0 Å². The molecule has 1 N–H and O–H groups in total. The second-order valence-electron chi connectivity index (χ2n) is 8.04. The summed E-state index contributed by atoms with van der Waals surface area (Å²) in [6, 6.07) is 3.95. The highest BCUT2D eigenvalue weighted by Crippen LogP contribution is 2.58. The molecule has 1 aliphatic heterocycles. The van der Waals surface area contributed by atoms with Crippen molar-refractivity contribution in [3.05, 3.63) is 35.4 Å². The van der Waals surface area contributed by atoms with Crippen LogP contribution in [-0.4, -0.2) is 34.5 Å². The second-order valence-corrected chi connectivity index (χ2v) is 8.04. The number of carbonyl (C=O) groups is 1. The molecule has 0 bridgehead atoms. The number of aryl methyl sites for hydroxylation is 1. The van der Waals surface area contributed by atoms with Gasteiger partial charge in [0.1, 0.15) is 17.2 Å². The molecule has 0 unspecified atom stereocenters. The molecule has 2 aromatic heterocycles. The Morgan fingerprint density at radius 3 is 2.67 bits per heavy atom. The summed E-state index contributed by atoms with van der Waals surface area (Å²) in [5, 5.41) is 2.78. The van der Waals surface area contributed by atoms with Gasteiger partial charge < -0.3 is 15.0 Å². The topological polar surface area (TPSA) is 80.2 Å². The minimum absolute atomic E-state index is 0.129. The Balaban J connectivity index is 1.79. The van der Waals surface area contributed by atoms with Crippen molar-refractivity contribution in [1.29, 1.82) is 0 Å². The fourth-order valence-corrected chi connectivity index (χ4v) is 3.63. The first kappa shape index (κ1) is 17.9. The first-order valence-electron chi connectivity index (χ1n) is 9.21. The molecule has 1 spiro atoms. The number of fused-ring (bicyclic) bond motifs is 2. The van der Waals surface area contributed by atoms with Gasteiger partial charge in [-0.3, -0.25) is 4.79 Å². The summed E-state index contributed by atoms with van der Waals surface area (Å²) in [5.74, 6) is 1.95. The van der Waals surface area contributed by atoms with E-state index < -0.39 is 5.60 Å². The SMILES string of the molecule is COC(C)(C)c1nc(C)cc(N2CC3(CC3)c3cnc(NC(C)=O)cc32)n1. The summed E-state index contributed by atoms with van der Waals surface area (Å²) in [7, 11) is 1.67. The van der Waals surface area contributed by atoms with Crippen molar-refractivity contribution in [2.75, 3.05) is 23.9 Å². The molecule has 0 radical (unpaired) electrons. The fraction of sp³-hybridized carbons (Fsp3) is 0.500. The number of hydrogen-bond donors (Lipinski definition) is 1. The third-order valence-electron chi connectivity index (χ3n) is 5.53. The van der Waals surface area contributed by atoms with Crippen LogP contribution in [0, 0.1) is 6.92 Å². The Kier molecular flexibility index (Phi) is 3.96. The molecule has 27 heavy (non-hydrogen) atoms. The molecule has 7 nitrogen and oxygen atoms in total. The minimum Gasteiger partial charge on any atom is -0.371 e. The normalized spacial score (nSPS) is 17.1. The van der Waals surface area contributed by atoms with E-state index in [1.165, 1.54) is 12.5 Å². The zero-order chi connectivity index (χ0) is 19.4. The van der Waals surface area contributed by atoms with Crippen LogP contribution >= 0.6 is 0 Å². The van der Waals surface area contributed by atoms with E-state index in [9.17, 15) is 4.79 Å². The van der Waals surface area contributed by atoms with Gasteiger partial charge in [0, 0.05) is 55.6 Å². The van der Waals surface area contributed by atoms with Crippen molar-refractivity contribution in [1.82, 2.24) is 15.0 Å². The third kappa shape index (κ3) is 3.06. The zero-order valence-corrected chi connectivity index (χ0v) is 16.5. The Labute approximate surface area is 159 Å². The predicted octanol–water partition coefficient (Wildman–Crippen LogP) is 3.20. The van der Waals surface area contributed by atoms with Gasteiger partial charge in [-0.05, 0) is 33.6 Å². The Morgan fingerprint density at radius 1 is 1.30 bits per heavy atom. The first-order valence-corrected chi connectivity index (χ1v) is 9.21. The molecule has 4 rings (SSSR count). The number of nitrogens with zero attached hydrogens (tertiary/aromatic N) is 4. The highest BCUT2D eigenvalue weighted by Gasteiger charge is 2.52. The molecule has 1 amide bonds. The van der Waals surface area contributed by atoms with Crippen molar-refractivity contribution >= 4 is 23.2 Å². The third-order valence-corrected chi connectivity index (χ3v) is 5.53. The molecule has 2 aromatic rings. The lowest BCUT2D eigenvalue weighted by atomic mass is 10.0. The van der Waals surface area contributed by atoms with Gasteiger partial charge in [0.05, 0.1) is 5.69 Å². The number of aromatic nitrogens is 3. The van der Waals surface area contributed by atoms with Crippen molar-refractivity contribution in [3.8, 4) is 0 Å². The molecule has 1 saturated carbocycles. The monoisotopic (exact) mass is 367 g/mol. The van der Waals surface area contributed by atoms with Crippen LogP contribution < -0.4 is 10.2 Å². The second kappa shape index (κ2) is 5.99. The van der Waals surface area contributed by atoms with Crippen molar-refractivity contribution in [2.24, 2.45) is 0 Å². The maximum absolute atomic E-state index is 11.4. The van der Waals surface area contributed by atoms with E-state index >= 15 is 0 Å². The highest BCUT2D eigenvalue weighted by molar-refractivity contribution is 5.89. The van der Waals surface area contributed by atoms with Crippen LogP contribution in [0.4, 0.5) is 17.3 Å². The zero-order valence-electron chi connectivity index (χ0n) is 16.5. The lowest BCUT2D eigenvalue weighted by Gasteiger charge is -2.25. The number of hydrogen-bond acceptors (Lipinski definition) is 6. The molecule has 0 saturated heterocycles. The number of methoxy groups -OCH3 is 1. The number of pyridine rings is 1. The first-order chi connectivity index (χ1) is 12.7. The van der Waals surface area contributed by atoms with E-state index in [2.05, 4.69) is 20.2 Å². The number of ether oxygens (including phenoxy) is 1. The number of carbonyl (C=O) groups excluding carboxylic acids is 1. The van der Waals surface area contributed by atoms with Gasteiger partial charge in [0.2, 0.25) is 5.91 Å². The number of rotatable bonds is 4. The van der Waals surface area contributed by atoms with Gasteiger partial charge in [0.15, 0.2) is 5.82 Å². The van der Waals surface area contributed by atoms with Gasteiger partial charge >= 0.3 is 0 Å². The number of amides is 1. The van der Waals surface area contributed by atoms with Gasteiger partial charge in [-0.2, -0.15) is 0 Å². The Bertz CT molecular complexity index is 921. The molecular weight excluding hydrogens is 342 g/mol. The lowest BCUT2D eigenvalue weighted by molar-refractivity contribution is -0.114. The van der Waals surface area contributed by atoms with Crippen LogP contribution in [0.1, 0.15) is 50.7 Å². The minimum atomic E-state index is -0.569. The predicted molar refractivity (Wildman–Crippen MR) is 103 cm³/mol. The van der Waals surface area contributed by atoms with Crippen LogP contribution in [0.3, 0.4) is 0 Å². The molecule has 1 fully saturated rings. The van der Waals surface area contributed by atoms with Crippen LogP contribution in [0.2, 0.25) is 0 Å². The summed E-state index contributed by atoms with van der Waals surface area (Å²) in [6.07, 6.45) is 4.21. The summed E-state index contributed by atoms with van der Waals surface area (Å²) < 4.78 is 5.58. The smallest absolute Gasteiger partial charge is 0.222 e. The molecule has 142 valence electrons. The summed E-state index contributed by atoms with van der Waals surface area (Å²) in [4.78, 5) is 27.5. The van der Waals surface area contributed by atoms with E-state index in [1.807, 2.05) is 39.1 Å². The van der Waals surface area contributed by atoms with Crippen molar-refractivity contribution < 1.29 is 9.53 Å². The molecule has 1 aliphatic carbocycles. The van der Waals surface area contributed by atoms with E-state index in [0.717, 1.165) is 36.6 Å². The summed E-state index contributed by atoms with van der Waals surface area (Å²) in [5.41, 5.74) is 2.79. The maximum atomic E-state index is 11.4. The molecule has 0 atom stereocenters. The van der Waals surface area contributed by atoms with Crippen molar-refractivity contribution in [2.45, 2.75) is 51.6 Å². The highest BCUT2D eigenvalue weighted by atomic mass is 16.5. The molecule has 3 heterocycles. The number of nitrogens with one attached hydrogen (secondary N) is 1. The standard InChI is InChI=1S/C20H25N5O2/c1-12-8-17(24-18(22-12)19(3,4)27-5)25-11-20(6-7-20)14-10-21-16(9-15(14)25)23-13(2)26/h8-10H,6-7,11H2,1-5H3,(H,21,23,26). The quantitative estimate of drug-likeness (QED) is 0.894. The van der Waals surface area contributed by atoms with Crippen LogP contribution in [0.25, 0.3) is 0 Å². The van der Waals surface area contributed by atoms with Gasteiger partial charge in [-0.15, -0.1) is 0 Å². The maximum Gasteiger partial charge on any atom is 0.222 e. The largest absolute Gasteiger partial charge is 0.371 e. The Hall–Kier alpha value is -2.54. The average molecular weight is 367 g/mol. The van der Waals surface area contributed by atoms with Crippen LogP contribution in [0.15, 0.2) is 18.3 Å². The summed E-state index contributed by atoms with van der Waals surface area (Å²) >= 11 is 0. The van der Waals surface area contributed by atoms with Crippen LogP contribution in [-0.2, 0) is 20.5 Å². The Morgan fingerprint density at radius 2 is 2.04 bits per heavy atom. The van der Waals surface area contributed by atoms with E-state index in [0.29, 0.717) is 11.6 Å². The van der Waals surface area contributed by atoms with E-state index in [1.54, 1.807) is 7.11 Å². The fourth-order valence-electron chi connectivity index (χ4n) is 3.63. The van der Waals surface area contributed by atoms with Crippen LogP contribution in [0.5, 0.6) is 0 Å². The number of anilines is 3. The molecule has 2 aliphatic rings. The molecule has 7 heteroatoms. The molecule has 0 aromatic carbocycles. The van der Waals surface area contributed by atoms with Crippen molar-refractivity contribution in [3.63, 3.8) is 0 Å². The average Bonchev–Trinajstić information content (AvgIpc) is 3.31. The lowest BCUT2D eigenvalue weighted by Crippen LogP contribution is -2.26. The van der Waals surface area contributed by atoms with Gasteiger partial charge in [-0.25, -0.2) is 15.0 Å².